The zero-order valence-electron chi connectivity index (χ0n) is 5.40. The maximum atomic E-state index is 8.93. The Morgan fingerprint density at radius 1 is 1.78 bits per heavy atom. The SMILES string of the molecule is CCC(C)O.O=[S-](O)=S. The van der Waals surface area contributed by atoms with Crippen molar-refractivity contribution in [2.24, 2.45) is 0 Å². The van der Waals surface area contributed by atoms with Gasteiger partial charge in [-0.1, -0.05) is 16.6 Å². The zero-order valence-corrected chi connectivity index (χ0v) is 7.04. The summed E-state index contributed by atoms with van der Waals surface area (Å²) in [4.78, 5) is 0. The zero-order chi connectivity index (χ0) is 7.86. The van der Waals surface area contributed by atoms with Crippen LogP contribution in [-0.4, -0.2) is 15.8 Å². The van der Waals surface area contributed by atoms with Crippen LogP contribution in [0.3, 0.4) is 0 Å². The van der Waals surface area contributed by atoms with Crippen LogP contribution in [-0.2, 0) is 25.0 Å². The van der Waals surface area contributed by atoms with Crippen molar-refractivity contribution in [1.29, 1.82) is 0 Å². The molecule has 0 amide bonds. The lowest BCUT2D eigenvalue weighted by molar-refractivity contribution is 0.191. The standard InChI is InChI=1S/C4H10O.HO2S2/c1-3-4(2)5;1-4(2)3/h4-5H,3H2,1-2H3;(H,1,2,3)/q;-1. The molecule has 0 saturated heterocycles. The van der Waals surface area contributed by atoms with Gasteiger partial charge in [0.2, 0.25) is 0 Å². The lowest BCUT2D eigenvalue weighted by Gasteiger charge is -1.90. The Morgan fingerprint density at radius 3 is 1.89 bits per heavy atom. The minimum Gasteiger partial charge on any atom is -0.459 e. The molecule has 0 aliphatic rings. The average molecular weight is 171 g/mol. The number of rotatable bonds is 1. The Bertz CT molecular complexity index is 100. The van der Waals surface area contributed by atoms with E-state index in [4.69, 9.17) is 13.9 Å². The normalized spacial score (nSPS) is 12.1. The van der Waals surface area contributed by atoms with Gasteiger partial charge in [0.25, 0.3) is 0 Å². The number of hydrogen-bond donors (Lipinski definition) is 2. The summed E-state index contributed by atoms with van der Waals surface area (Å²) < 4.78 is 16.3. The van der Waals surface area contributed by atoms with Crippen molar-refractivity contribution in [1.82, 2.24) is 0 Å². The monoisotopic (exact) mass is 171 g/mol. The maximum absolute atomic E-state index is 8.93. The fraction of sp³-hybridized carbons (Fsp3) is 1.00. The topological polar surface area (TPSA) is 57.5 Å². The molecule has 58 valence electrons. The van der Waals surface area contributed by atoms with Gasteiger partial charge in [-0.15, -0.1) is 0 Å². The second kappa shape index (κ2) is 8.29. The summed E-state index contributed by atoms with van der Waals surface area (Å²) in [5, 5.41) is 8.36. The first kappa shape index (κ1) is 12.0. The highest BCUT2D eigenvalue weighted by molar-refractivity contribution is 8.18. The highest BCUT2D eigenvalue weighted by Crippen LogP contribution is 1.81. The Morgan fingerprint density at radius 2 is 1.89 bits per heavy atom. The van der Waals surface area contributed by atoms with Crippen LogP contribution in [0.4, 0.5) is 0 Å². The summed E-state index contributed by atoms with van der Waals surface area (Å²) >= 11 is 3.65. The largest absolute Gasteiger partial charge is 0.459 e. The van der Waals surface area contributed by atoms with Crippen molar-refractivity contribution in [3.05, 3.63) is 0 Å². The van der Waals surface area contributed by atoms with Crippen LogP contribution in [0, 0.1) is 0 Å². The van der Waals surface area contributed by atoms with Gasteiger partial charge in [0.1, 0.15) is 0 Å². The van der Waals surface area contributed by atoms with Crippen molar-refractivity contribution < 1.29 is 13.9 Å². The number of hydrogen-bond acceptors (Lipinski definition) is 4. The molecular formula is C4H11O3S2-. The van der Waals surface area contributed by atoms with Crippen molar-refractivity contribution in [3.8, 4) is 0 Å². The minimum atomic E-state index is -2.03. The summed E-state index contributed by atoms with van der Waals surface area (Å²) in [6.07, 6.45) is 0.745. The lowest BCUT2D eigenvalue weighted by atomic mass is 10.3. The molecule has 2 N–H and O–H groups in total. The van der Waals surface area contributed by atoms with E-state index in [-0.39, 0.29) is 6.10 Å². The van der Waals surface area contributed by atoms with E-state index in [1.54, 1.807) is 6.92 Å². The van der Waals surface area contributed by atoms with E-state index in [1.807, 2.05) is 6.92 Å². The summed E-state index contributed by atoms with van der Waals surface area (Å²) in [5.74, 6) is 0. The van der Waals surface area contributed by atoms with Crippen molar-refractivity contribution in [3.63, 3.8) is 0 Å². The van der Waals surface area contributed by atoms with Gasteiger partial charge in [-0.25, -0.2) is 11.2 Å². The summed E-state index contributed by atoms with van der Waals surface area (Å²) in [6.45, 7) is 3.73. The van der Waals surface area contributed by atoms with Gasteiger partial charge >= 0.3 is 0 Å². The van der Waals surface area contributed by atoms with Crippen LogP contribution in [0.5, 0.6) is 0 Å². The quantitative estimate of drug-likeness (QED) is 0.449. The molecule has 0 aromatic carbocycles. The van der Waals surface area contributed by atoms with Crippen LogP contribution in [0.25, 0.3) is 0 Å². The molecule has 0 aliphatic heterocycles. The Hall–Kier alpha value is 0.290. The molecule has 9 heavy (non-hydrogen) atoms. The Kier molecular flexibility index (Phi) is 11.1. The smallest absolute Gasteiger partial charge is 0.0509 e. The van der Waals surface area contributed by atoms with Crippen molar-refractivity contribution in [2.75, 3.05) is 0 Å². The first-order valence-electron chi connectivity index (χ1n) is 2.47. The van der Waals surface area contributed by atoms with Gasteiger partial charge in [-0.2, -0.15) is 0 Å². The molecule has 0 saturated carbocycles. The molecule has 0 spiro atoms. The second-order valence-corrected chi connectivity index (χ2v) is 2.76. The first-order chi connectivity index (χ1) is 4.00. The van der Waals surface area contributed by atoms with E-state index in [9.17, 15) is 0 Å². The maximum Gasteiger partial charge on any atom is 0.0509 e. The van der Waals surface area contributed by atoms with E-state index < -0.39 is 9.64 Å². The van der Waals surface area contributed by atoms with Gasteiger partial charge in [0, 0.05) is 0 Å². The van der Waals surface area contributed by atoms with Gasteiger partial charge in [-0.3, -0.25) is 0 Å². The van der Waals surface area contributed by atoms with Gasteiger partial charge in [0.15, 0.2) is 0 Å². The lowest BCUT2D eigenvalue weighted by Crippen LogP contribution is -1.93. The van der Waals surface area contributed by atoms with Crippen LogP contribution < -0.4 is 0 Å². The third-order valence-electron chi connectivity index (χ3n) is 0.591. The van der Waals surface area contributed by atoms with E-state index >= 15 is 0 Å². The van der Waals surface area contributed by atoms with Crippen LogP contribution >= 0.6 is 0 Å². The average Bonchev–Trinajstić information content (AvgIpc) is 1.65. The molecule has 0 fully saturated rings. The van der Waals surface area contributed by atoms with Gasteiger partial charge in [-0.05, 0) is 13.3 Å². The van der Waals surface area contributed by atoms with Crippen molar-refractivity contribution >= 4 is 20.8 Å². The van der Waals surface area contributed by atoms with E-state index in [0.29, 0.717) is 0 Å². The molecule has 0 bridgehead atoms. The van der Waals surface area contributed by atoms with E-state index in [2.05, 4.69) is 11.2 Å². The Labute approximate surface area is 61.6 Å². The van der Waals surface area contributed by atoms with E-state index in [1.165, 1.54) is 0 Å². The highest BCUT2D eigenvalue weighted by Gasteiger charge is 1.81. The fourth-order valence-electron chi connectivity index (χ4n) is 0. The minimum absolute atomic E-state index is 0.116. The molecule has 1 atom stereocenters. The van der Waals surface area contributed by atoms with Gasteiger partial charge in [0.05, 0.1) is 6.10 Å². The molecule has 0 rings (SSSR count). The summed E-state index contributed by atoms with van der Waals surface area (Å²) in [5.41, 5.74) is 0. The molecule has 5 heteroatoms. The summed E-state index contributed by atoms with van der Waals surface area (Å²) in [6, 6.07) is 0. The molecule has 0 heterocycles. The molecule has 0 aromatic heterocycles. The van der Waals surface area contributed by atoms with Crippen LogP contribution in [0.2, 0.25) is 0 Å². The second-order valence-electron chi connectivity index (χ2n) is 1.47. The van der Waals surface area contributed by atoms with E-state index in [0.717, 1.165) is 6.42 Å². The summed E-state index contributed by atoms with van der Waals surface area (Å²) in [7, 11) is -2.03. The predicted molar refractivity (Wildman–Crippen MR) is 40.0 cm³/mol. The predicted octanol–water partition coefficient (Wildman–Crippen LogP) is 0.662. The highest BCUT2D eigenvalue weighted by atomic mass is 32.8. The molecular weight excluding hydrogens is 160 g/mol. The Balaban J connectivity index is 0. The van der Waals surface area contributed by atoms with Crippen molar-refractivity contribution in [2.45, 2.75) is 26.4 Å². The van der Waals surface area contributed by atoms with Crippen LogP contribution in [0.1, 0.15) is 20.3 Å². The van der Waals surface area contributed by atoms with Gasteiger partial charge < -0.3 is 13.9 Å². The molecule has 1 unspecified atom stereocenters. The number of aliphatic hydroxyl groups excluding tert-OH is 1. The fourth-order valence-corrected chi connectivity index (χ4v) is 0. The third-order valence-corrected chi connectivity index (χ3v) is 0.591. The molecule has 3 nitrogen and oxygen atoms in total. The third kappa shape index (κ3) is 62.5. The molecule has 0 radical (unpaired) electrons. The number of aliphatic hydroxyl groups is 1. The molecule has 0 aromatic rings. The van der Waals surface area contributed by atoms with Crippen LogP contribution in [0.15, 0.2) is 0 Å². The molecule has 0 aliphatic carbocycles. The first-order valence-corrected chi connectivity index (χ1v) is 4.50.